The number of carbonyl (C=O) groups excluding carboxylic acids is 1. The van der Waals surface area contributed by atoms with Gasteiger partial charge in [-0.05, 0) is 25.0 Å². The van der Waals surface area contributed by atoms with E-state index in [1.54, 1.807) is 7.11 Å². The van der Waals surface area contributed by atoms with Gasteiger partial charge in [-0.1, -0.05) is 12.1 Å². The minimum absolute atomic E-state index is 0.0336. The number of anilines is 1. The molecule has 0 radical (unpaired) electrons. The van der Waals surface area contributed by atoms with E-state index in [2.05, 4.69) is 4.90 Å². The summed E-state index contributed by atoms with van der Waals surface area (Å²) in [6.07, 6.45) is 1.90. The molecule has 0 saturated carbocycles. The molecule has 2 rings (SSSR count). The van der Waals surface area contributed by atoms with Crippen molar-refractivity contribution in [3.8, 4) is 5.75 Å². The number of para-hydroxylation sites is 2. The maximum Gasteiger partial charge on any atom is 0.310 e. The second-order valence-corrected chi connectivity index (χ2v) is 4.48. The Morgan fingerprint density at radius 1 is 1.33 bits per heavy atom. The molecule has 18 heavy (non-hydrogen) atoms. The molecule has 4 heteroatoms. The third kappa shape index (κ3) is 2.58. The minimum atomic E-state index is -0.116. The number of hydrogen-bond acceptors (Lipinski definition) is 4. The van der Waals surface area contributed by atoms with Gasteiger partial charge in [0.1, 0.15) is 5.75 Å². The summed E-state index contributed by atoms with van der Waals surface area (Å²) in [5.74, 6) is 0.700. The van der Waals surface area contributed by atoms with Crippen molar-refractivity contribution >= 4 is 11.7 Å². The first kappa shape index (κ1) is 12.7. The molecule has 0 amide bonds. The van der Waals surface area contributed by atoms with E-state index in [9.17, 15) is 4.79 Å². The molecule has 0 N–H and O–H groups in total. The van der Waals surface area contributed by atoms with Gasteiger partial charge in [-0.3, -0.25) is 4.79 Å². The lowest BCUT2D eigenvalue weighted by Gasteiger charge is -2.33. The zero-order chi connectivity index (χ0) is 13.0. The number of rotatable bonds is 3. The molecule has 1 heterocycles. The molecule has 1 aliphatic heterocycles. The first-order valence-corrected chi connectivity index (χ1v) is 6.22. The molecule has 1 atom stereocenters. The Labute approximate surface area is 107 Å². The second-order valence-electron chi connectivity index (χ2n) is 4.48. The third-order valence-electron chi connectivity index (χ3n) is 3.38. The summed E-state index contributed by atoms with van der Waals surface area (Å²) in [4.78, 5) is 13.8. The Hall–Kier alpha value is -1.71. The van der Waals surface area contributed by atoms with Gasteiger partial charge in [0.2, 0.25) is 0 Å². The monoisotopic (exact) mass is 249 g/mol. The fraction of sp³-hybridized carbons (Fsp3) is 0.500. The molecular weight excluding hydrogens is 230 g/mol. The highest BCUT2D eigenvalue weighted by atomic mass is 16.5. The Kier molecular flexibility index (Phi) is 4.07. The third-order valence-corrected chi connectivity index (χ3v) is 3.38. The molecule has 0 bridgehead atoms. The highest BCUT2D eigenvalue weighted by Crippen LogP contribution is 2.31. The number of piperidine rings is 1. The predicted molar refractivity (Wildman–Crippen MR) is 69.9 cm³/mol. The Morgan fingerprint density at radius 3 is 2.83 bits per heavy atom. The van der Waals surface area contributed by atoms with Crippen LogP contribution in [0.1, 0.15) is 12.8 Å². The van der Waals surface area contributed by atoms with Crippen molar-refractivity contribution in [2.45, 2.75) is 12.8 Å². The standard InChI is InChI=1S/C14H19NO3/c1-17-13-8-4-3-7-12(13)15-9-5-6-11(10-15)14(16)18-2/h3-4,7-8,11H,5-6,9-10H2,1-2H3. The first-order valence-electron chi connectivity index (χ1n) is 6.22. The summed E-state index contributed by atoms with van der Waals surface area (Å²) in [6.45, 7) is 1.65. The minimum Gasteiger partial charge on any atom is -0.495 e. The lowest BCUT2D eigenvalue weighted by molar-refractivity contribution is -0.145. The van der Waals surface area contributed by atoms with Gasteiger partial charge in [0.15, 0.2) is 0 Å². The molecule has 1 fully saturated rings. The van der Waals surface area contributed by atoms with Crippen LogP contribution in [0.5, 0.6) is 5.75 Å². The summed E-state index contributed by atoms with van der Waals surface area (Å²) < 4.78 is 10.2. The lowest BCUT2D eigenvalue weighted by atomic mass is 9.97. The molecule has 0 spiro atoms. The molecule has 1 aromatic carbocycles. The van der Waals surface area contributed by atoms with Crippen molar-refractivity contribution < 1.29 is 14.3 Å². The Balaban J connectivity index is 2.15. The van der Waals surface area contributed by atoms with Crippen LogP contribution in [-0.2, 0) is 9.53 Å². The maximum atomic E-state index is 11.6. The SMILES string of the molecule is COC(=O)C1CCCN(c2ccccc2OC)C1. The van der Waals surface area contributed by atoms with Gasteiger partial charge < -0.3 is 14.4 Å². The van der Waals surface area contributed by atoms with E-state index < -0.39 is 0 Å². The van der Waals surface area contributed by atoms with Crippen LogP contribution in [0.25, 0.3) is 0 Å². The molecule has 4 nitrogen and oxygen atoms in total. The zero-order valence-electron chi connectivity index (χ0n) is 10.9. The number of carbonyl (C=O) groups is 1. The van der Waals surface area contributed by atoms with E-state index in [1.165, 1.54) is 7.11 Å². The van der Waals surface area contributed by atoms with Crippen LogP contribution in [0.3, 0.4) is 0 Å². The van der Waals surface area contributed by atoms with Crippen molar-refractivity contribution in [2.75, 3.05) is 32.2 Å². The van der Waals surface area contributed by atoms with Crippen LogP contribution >= 0.6 is 0 Å². The largest absolute Gasteiger partial charge is 0.495 e. The van der Waals surface area contributed by atoms with Gasteiger partial charge >= 0.3 is 5.97 Å². The lowest BCUT2D eigenvalue weighted by Crippen LogP contribution is -2.39. The molecule has 0 aromatic heterocycles. The van der Waals surface area contributed by atoms with E-state index in [4.69, 9.17) is 9.47 Å². The smallest absolute Gasteiger partial charge is 0.310 e. The Bertz CT molecular complexity index is 419. The number of benzene rings is 1. The van der Waals surface area contributed by atoms with Crippen LogP contribution in [0.15, 0.2) is 24.3 Å². The summed E-state index contributed by atoms with van der Waals surface area (Å²) in [7, 11) is 3.12. The summed E-state index contributed by atoms with van der Waals surface area (Å²) in [6, 6.07) is 7.90. The topological polar surface area (TPSA) is 38.8 Å². The average Bonchev–Trinajstić information content (AvgIpc) is 2.46. The molecular formula is C14H19NO3. The highest BCUT2D eigenvalue weighted by Gasteiger charge is 2.27. The van der Waals surface area contributed by atoms with Crippen LogP contribution in [0.4, 0.5) is 5.69 Å². The summed E-state index contributed by atoms with van der Waals surface area (Å²) >= 11 is 0. The van der Waals surface area contributed by atoms with Gasteiger partial charge in [0.05, 0.1) is 25.8 Å². The molecule has 1 aliphatic rings. The second kappa shape index (κ2) is 5.76. The fourth-order valence-corrected chi connectivity index (χ4v) is 2.45. The Morgan fingerprint density at radius 2 is 2.11 bits per heavy atom. The normalized spacial score (nSPS) is 19.4. The number of esters is 1. The van der Waals surface area contributed by atoms with Crippen molar-refractivity contribution in [1.29, 1.82) is 0 Å². The van der Waals surface area contributed by atoms with Gasteiger partial charge in [0.25, 0.3) is 0 Å². The van der Waals surface area contributed by atoms with Crippen molar-refractivity contribution in [3.63, 3.8) is 0 Å². The fourth-order valence-electron chi connectivity index (χ4n) is 2.45. The molecule has 98 valence electrons. The molecule has 1 unspecified atom stereocenters. The molecule has 1 saturated heterocycles. The van der Waals surface area contributed by atoms with Gasteiger partial charge in [-0.2, -0.15) is 0 Å². The number of nitrogens with zero attached hydrogens (tertiary/aromatic N) is 1. The first-order chi connectivity index (χ1) is 8.76. The number of ether oxygens (including phenoxy) is 2. The molecule has 1 aromatic rings. The van der Waals surface area contributed by atoms with E-state index >= 15 is 0 Å². The van der Waals surface area contributed by atoms with Gasteiger partial charge in [0, 0.05) is 13.1 Å². The number of hydrogen-bond donors (Lipinski definition) is 0. The van der Waals surface area contributed by atoms with Crippen molar-refractivity contribution in [3.05, 3.63) is 24.3 Å². The van der Waals surface area contributed by atoms with E-state index in [0.29, 0.717) is 6.54 Å². The van der Waals surface area contributed by atoms with E-state index in [1.807, 2.05) is 24.3 Å². The van der Waals surface area contributed by atoms with Crippen LogP contribution in [0, 0.1) is 5.92 Å². The van der Waals surface area contributed by atoms with E-state index in [0.717, 1.165) is 30.8 Å². The predicted octanol–water partition coefficient (Wildman–Crippen LogP) is 2.08. The van der Waals surface area contributed by atoms with Crippen molar-refractivity contribution in [1.82, 2.24) is 0 Å². The van der Waals surface area contributed by atoms with Crippen LogP contribution in [-0.4, -0.2) is 33.3 Å². The van der Waals surface area contributed by atoms with Crippen LogP contribution < -0.4 is 9.64 Å². The van der Waals surface area contributed by atoms with Crippen molar-refractivity contribution in [2.24, 2.45) is 5.92 Å². The maximum absolute atomic E-state index is 11.6. The molecule has 0 aliphatic carbocycles. The summed E-state index contributed by atoms with van der Waals surface area (Å²) in [5.41, 5.74) is 1.05. The van der Waals surface area contributed by atoms with Crippen LogP contribution in [0.2, 0.25) is 0 Å². The van der Waals surface area contributed by atoms with E-state index in [-0.39, 0.29) is 11.9 Å². The van der Waals surface area contributed by atoms with Gasteiger partial charge in [-0.15, -0.1) is 0 Å². The quantitative estimate of drug-likeness (QED) is 0.769. The highest BCUT2D eigenvalue weighted by molar-refractivity contribution is 5.74. The van der Waals surface area contributed by atoms with Gasteiger partial charge in [-0.25, -0.2) is 0 Å². The average molecular weight is 249 g/mol. The summed E-state index contributed by atoms with van der Waals surface area (Å²) in [5, 5.41) is 0. The zero-order valence-corrected chi connectivity index (χ0v) is 10.9. The number of methoxy groups -OCH3 is 2.